The van der Waals surface area contributed by atoms with Gasteiger partial charge in [-0.05, 0) is 38.1 Å². The Morgan fingerprint density at radius 2 is 1.73 bits per heavy atom. The van der Waals surface area contributed by atoms with Crippen molar-refractivity contribution in [2.45, 2.75) is 59.4 Å². The van der Waals surface area contributed by atoms with Crippen LogP contribution in [0.1, 0.15) is 53.4 Å². The molecule has 0 aliphatic carbocycles. The number of hydrogen-bond acceptors (Lipinski definition) is 2. The molecule has 0 saturated carbocycles. The average molecular weight is 215 g/mol. The number of hydrogen-bond donors (Lipinski definition) is 1. The average Bonchev–Trinajstić information content (AvgIpc) is 2.20. The van der Waals surface area contributed by atoms with Gasteiger partial charge in [-0.2, -0.15) is 0 Å². The van der Waals surface area contributed by atoms with Gasteiger partial charge >= 0.3 is 0 Å². The van der Waals surface area contributed by atoms with E-state index in [1.165, 1.54) is 12.8 Å². The van der Waals surface area contributed by atoms with Crippen molar-refractivity contribution in [3.8, 4) is 0 Å². The maximum atomic E-state index is 5.53. The molecule has 15 heavy (non-hydrogen) atoms. The molecule has 0 fully saturated rings. The highest BCUT2D eigenvalue weighted by atomic mass is 16.5. The molecule has 0 amide bonds. The molecule has 0 saturated heterocycles. The SMILES string of the molecule is CCCOCCC(CCC(C)C)NCC. The lowest BCUT2D eigenvalue weighted by atomic mass is 10.0. The molecular weight excluding hydrogens is 186 g/mol. The van der Waals surface area contributed by atoms with E-state index in [0.717, 1.165) is 38.5 Å². The molecule has 0 aromatic heterocycles. The van der Waals surface area contributed by atoms with Crippen LogP contribution in [0.25, 0.3) is 0 Å². The van der Waals surface area contributed by atoms with Gasteiger partial charge in [0.15, 0.2) is 0 Å². The van der Waals surface area contributed by atoms with Crippen molar-refractivity contribution < 1.29 is 4.74 Å². The van der Waals surface area contributed by atoms with Gasteiger partial charge in [-0.1, -0.05) is 27.7 Å². The summed E-state index contributed by atoms with van der Waals surface area (Å²) in [7, 11) is 0. The molecule has 0 heterocycles. The molecule has 0 aromatic carbocycles. The van der Waals surface area contributed by atoms with Crippen LogP contribution in [0.4, 0.5) is 0 Å². The minimum Gasteiger partial charge on any atom is -0.381 e. The lowest BCUT2D eigenvalue weighted by Gasteiger charge is -2.18. The van der Waals surface area contributed by atoms with E-state index < -0.39 is 0 Å². The van der Waals surface area contributed by atoms with Crippen LogP contribution in [0.3, 0.4) is 0 Å². The Morgan fingerprint density at radius 1 is 1.00 bits per heavy atom. The molecule has 0 spiro atoms. The fourth-order valence-electron chi connectivity index (χ4n) is 1.64. The van der Waals surface area contributed by atoms with Crippen LogP contribution < -0.4 is 5.32 Å². The zero-order chi connectivity index (χ0) is 11.5. The van der Waals surface area contributed by atoms with Gasteiger partial charge in [-0.25, -0.2) is 0 Å². The molecule has 1 atom stereocenters. The van der Waals surface area contributed by atoms with Crippen LogP contribution in [-0.4, -0.2) is 25.8 Å². The molecule has 1 unspecified atom stereocenters. The minimum atomic E-state index is 0.647. The highest BCUT2D eigenvalue weighted by Crippen LogP contribution is 2.09. The summed E-state index contributed by atoms with van der Waals surface area (Å²) in [5.74, 6) is 0.808. The summed E-state index contributed by atoms with van der Waals surface area (Å²) in [6.07, 6.45) is 4.87. The van der Waals surface area contributed by atoms with E-state index in [-0.39, 0.29) is 0 Å². The third kappa shape index (κ3) is 10.2. The van der Waals surface area contributed by atoms with Crippen molar-refractivity contribution >= 4 is 0 Å². The number of nitrogens with one attached hydrogen (secondary N) is 1. The van der Waals surface area contributed by atoms with E-state index in [0.29, 0.717) is 6.04 Å². The van der Waals surface area contributed by atoms with Crippen molar-refractivity contribution in [3.05, 3.63) is 0 Å². The van der Waals surface area contributed by atoms with Gasteiger partial charge in [0.25, 0.3) is 0 Å². The van der Waals surface area contributed by atoms with Gasteiger partial charge in [0, 0.05) is 19.3 Å². The molecule has 0 radical (unpaired) electrons. The largest absolute Gasteiger partial charge is 0.381 e. The second kappa shape index (κ2) is 10.4. The maximum Gasteiger partial charge on any atom is 0.0480 e. The lowest BCUT2D eigenvalue weighted by Crippen LogP contribution is -2.30. The first-order chi connectivity index (χ1) is 7.20. The quantitative estimate of drug-likeness (QED) is 0.565. The number of rotatable bonds is 10. The molecule has 0 rings (SSSR count). The van der Waals surface area contributed by atoms with E-state index in [4.69, 9.17) is 4.74 Å². The molecule has 2 heteroatoms. The minimum absolute atomic E-state index is 0.647. The van der Waals surface area contributed by atoms with Crippen molar-refractivity contribution in [1.29, 1.82) is 0 Å². The van der Waals surface area contributed by atoms with E-state index in [9.17, 15) is 0 Å². The summed E-state index contributed by atoms with van der Waals surface area (Å²) in [6.45, 7) is 11.8. The van der Waals surface area contributed by atoms with E-state index in [2.05, 4.69) is 33.0 Å². The highest BCUT2D eigenvalue weighted by Gasteiger charge is 2.07. The molecule has 0 aliphatic heterocycles. The van der Waals surface area contributed by atoms with Crippen LogP contribution in [0.15, 0.2) is 0 Å². The summed E-state index contributed by atoms with van der Waals surface area (Å²) < 4.78 is 5.53. The van der Waals surface area contributed by atoms with Crippen molar-refractivity contribution in [2.75, 3.05) is 19.8 Å². The second-order valence-electron chi connectivity index (χ2n) is 4.63. The zero-order valence-electron chi connectivity index (χ0n) is 11.0. The topological polar surface area (TPSA) is 21.3 Å². The summed E-state index contributed by atoms with van der Waals surface area (Å²) in [6, 6.07) is 0.647. The lowest BCUT2D eigenvalue weighted by molar-refractivity contribution is 0.123. The van der Waals surface area contributed by atoms with Crippen molar-refractivity contribution in [3.63, 3.8) is 0 Å². The van der Waals surface area contributed by atoms with Crippen LogP contribution in [0.2, 0.25) is 0 Å². The fraction of sp³-hybridized carbons (Fsp3) is 1.00. The van der Waals surface area contributed by atoms with Gasteiger partial charge in [0.1, 0.15) is 0 Å². The summed E-state index contributed by atoms with van der Waals surface area (Å²) in [5.41, 5.74) is 0. The fourth-order valence-corrected chi connectivity index (χ4v) is 1.64. The monoisotopic (exact) mass is 215 g/mol. The normalized spacial score (nSPS) is 13.4. The molecule has 0 aliphatic rings. The van der Waals surface area contributed by atoms with E-state index in [1.54, 1.807) is 0 Å². The molecule has 2 nitrogen and oxygen atoms in total. The van der Waals surface area contributed by atoms with Crippen molar-refractivity contribution in [2.24, 2.45) is 5.92 Å². The Balaban J connectivity index is 3.53. The first kappa shape index (κ1) is 14.9. The molecular formula is C13H29NO. The highest BCUT2D eigenvalue weighted by molar-refractivity contribution is 4.66. The predicted octanol–water partition coefficient (Wildman–Crippen LogP) is 3.22. The Bertz CT molecular complexity index is 126. The van der Waals surface area contributed by atoms with Gasteiger partial charge in [0.2, 0.25) is 0 Å². The van der Waals surface area contributed by atoms with Gasteiger partial charge in [0.05, 0.1) is 0 Å². The first-order valence-electron chi connectivity index (χ1n) is 6.51. The summed E-state index contributed by atoms with van der Waals surface area (Å²) in [4.78, 5) is 0. The van der Waals surface area contributed by atoms with Crippen LogP contribution in [-0.2, 0) is 4.74 Å². The van der Waals surface area contributed by atoms with Crippen LogP contribution in [0, 0.1) is 5.92 Å². The third-order valence-corrected chi connectivity index (χ3v) is 2.54. The van der Waals surface area contributed by atoms with Gasteiger partial charge in [-0.15, -0.1) is 0 Å². The Labute approximate surface area is 95.8 Å². The summed E-state index contributed by atoms with van der Waals surface area (Å²) >= 11 is 0. The Kier molecular flexibility index (Phi) is 10.4. The Morgan fingerprint density at radius 3 is 2.27 bits per heavy atom. The molecule has 0 aromatic rings. The van der Waals surface area contributed by atoms with Gasteiger partial charge < -0.3 is 10.1 Å². The third-order valence-electron chi connectivity index (χ3n) is 2.54. The van der Waals surface area contributed by atoms with E-state index >= 15 is 0 Å². The molecule has 1 N–H and O–H groups in total. The number of ether oxygens (including phenoxy) is 1. The Hall–Kier alpha value is -0.0800. The zero-order valence-corrected chi connectivity index (χ0v) is 11.0. The van der Waals surface area contributed by atoms with Crippen LogP contribution >= 0.6 is 0 Å². The van der Waals surface area contributed by atoms with Gasteiger partial charge in [-0.3, -0.25) is 0 Å². The second-order valence-corrected chi connectivity index (χ2v) is 4.63. The van der Waals surface area contributed by atoms with Crippen molar-refractivity contribution in [1.82, 2.24) is 5.32 Å². The smallest absolute Gasteiger partial charge is 0.0480 e. The molecule has 0 bridgehead atoms. The standard InChI is InChI=1S/C13H29NO/c1-5-10-15-11-9-13(14-6-2)8-7-12(3)4/h12-14H,5-11H2,1-4H3. The molecule has 92 valence electrons. The summed E-state index contributed by atoms with van der Waals surface area (Å²) in [5, 5.41) is 3.53. The van der Waals surface area contributed by atoms with Crippen LogP contribution in [0.5, 0.6) is 0 Å². The predicted molar refractivity (Wildman–Crippen MR) is 67.3 cm³/mol. The maximum absolute atomic E-state index is 5.53. The van der Waals surface area contributed by atoms with E-state index in [1.807, 2.05) is 0 Å². The first-order valence-corrected chi connectivity index (χ1v) is 6.51.